The summed E-state index contributed by atoms with van der Waals surface area (Å²) in [5.74, 6) is 2.51. The van der Waals surface area contributed by atoms with Crippen LogP contribution in [0, 0.1) is 25.7 Å². The van der Waals surface area contributed by atoms with Crippen LogP contribution in [0.2, 0.25) is 0 Å². The van der Waals surface area contributed by atoms with Crippen molar-refractivity contribution in [2.45, 2.75) is 74.9 Å². The summed E-state index contributed by atoms with van der Waals surface area (Å²) in [6.45, 7) is 15.3. The quantitative estimate of drug-likeness (QED) is 0.0300. The zero-order chi connectivity index (χ0) is 58.7. The number of Topliss-reactive ketones (excluding diaryl/α,β-unsaturated/α-hetero) is 4. The Bertz CT molecular complexity index is 3480. The lowest BCUT2D eigenvalue weighted by atomic mass is 10.2. The molecule has 6 aromatic heterocycles. The van der Waals surface area contributed by atoms with Gasteiger partial charge in [-0.15, -0.1) is 25.5 Å². The number of nitrogens with zero attached hydrogens (tertiary/aromatic N) is 13. The molecule has 6 aromatic rings. The zero-order valence-electron chi connectivity index (χ0n) is 45.4. The third-order valence-electron chi connectivity index (χ3n) is 9.61. The lowest BCUT2D eigenvalue weighted by molar-refractivity contribution is -0.125. The average Bonchev–Trinajstić information content (AvgIpc) is 4.18. The number of aromatic nitrogens is 10. The summed E-state index contributed by atoms with van der Waals surface area (Å²) in [5.41, 5.74) is 11.4. The first-order valence-electron chi connectivity index (χ1n) is 22.8. The number of aryl methyl sites for hydroxylation is 2. The van der Waals surface area contributed by atoms with Crippen LogP contribution in [0.3, 0.4) is 0 Å². The minimum atomic E-state index is -3.57. The van der Waals surface area contributed by atoms with Crippen LogP contribution in [0.5, 0.6) is 0 Å². The topological polar surface area (TPSA) is 415 Å². The van der Waals surface area contributed by atoms with Crippen molar-refractivity contribution in [3.63, 3.8) is 0 Å². The number of hydrogen-bond acceptors (Lipinski definition) is 28. The molecule has 0 spiro atoms. The Morgan fingerprint density at radius 3 is 1.57 bits per heavy atom. The molecule has 6 radical (unpaired) electrons. The van der Waals surface area contributed by atoms with Gasteiger partial charge in [0.05, 0.1) is 12.5 Å². The third kappa shape index (κ3) is 25.2. The van der Waals surface area contributed by atoms with Crippen molar-refractivity contribution in [3.8, 4) is 11.8 Å². The largest absolute Gasteiger partial charge is 1.00 e. The summed E-state index contributed by atoms with van der Waals surface area (Å²) < 4.78 is 52.1. The van der Waals surface area contributed by atoms with Crippen molar-refractivity contribution in [1.29, 1.82) is 0 Å². The van der Waals surface area contributed by atoms with Gasteiger partial charge >= 0.3 is 0 Å². The first-order chi connectivity index (χ1) is 36.5. The van der Waals surface area contributed by atoms with Gasteiger partial charge in [0.25, 0.3) is 11.1 Å². The molecule has 2 aliphatic rings. The summed E-state index contributed by atoms with van der Waals surface area (Å²) >= 11 is 5.12. The molecule has 2 unspecified atom stereocenters. The van der Waals surface area contributed by atoms with Crippen molar-refractivity contribution in [2.75, 3.05) is 81.2 Å². The molecule has 2 saturated heterocycles. The van der Waals surface area contributed by atoms with E-state index in [2.05, 4.69) is 68.4 Å². The van der Waals surface area contributed by atoms with E-state index < -0.39 is 49.2 Å². The van der Waals surface area contributed by atoms with Crippen molar-refractivity contribution in [2.24, 2.45) is 0 Å². The first-order valence-corrected chi connectivity index (χ1v) is 29.8. The summed E-state index contributed by atoms with van der Waals surface area (Å²) in [7, 11) is -6.87. The van der Waals surface area contributed by atoms with E-state index in [1.807, 2.05) is 6.92 Å². The number of carbonyl (C=O) groups excluding carboxylic acids is 6. The van der Waals surface area contributed by atoms with E-state index in [1.165, 1.54) is 85.4 Å². The van der Waals surface area contributed by atoms with Gasteiger partial charge < -0.3 is 56.3 Å². The normalized spacial score (nSPS) is 14.5. The zero-order valence-corrected chi connectivity index (χ0v) is 52.4. The van der Waals surface area contributed by atoms with E-state index in [1.54, 1.807) is 31.2 Å². The molecular formula is C43H62B2IN18O12S6-. The van der Waals surface area contributed by atoms with Crippen molar-refractivity contribution in [1.82, 2.24) is 74.2 Å². The summed E-state index contributed by atoms with van der Waals surface area (Å²) in [5, 5.41) is 34.1. The smallest absolute Gasteiger partial charge is 0.274 e. The van der Waals surface area contributed by atoms with Gasteiger partial charge in [-0.25, -0.2) is 21.4 Å². The molecule has 0 bridgehead atoms. The molecular weight excluding hydrogens is 1300 g/mol. The molecule has 0 aromatic carbocycles. The van der Waals surface area contributed by atoms with Crippen molar-refractivity contribution in [3.05, 3.63) is 59.8 Å². The molecule has 8 heterocycles. The maximum Gasteiger partial charge on any atom is 0.274 e. The second kappa shape index (κ2) is 36.5. The second-order valence-electron chi connectivity index (χ2n) is 16.0. The van der Waals surface area contributed by atoms with Gasteiger partial charge in [-0.1, -0.05) is 52.8 Å². The highest BCUT2D eigenvalue weighted by molar-refractivity contribution is 7.88. The molecule has 0 saturated carbocycles. The van der Waals surface area contributed by atoms with Gasteiger partial charge in [0.2, 0.25) is 68.7 Å². The molecule has 7 N–H and O–H groups in total. The van der Waals surface area contributed by atoms with Crippen LogP contribution in [0.25, 0.3) is 9.92 Å². The third-order valence-corrected chi connectivity index (χ3v) is 15.2. The highest BCUT2D eigenvalue weighted by atomic mass is 127. The fourth-order valence-electron chi connectivity index (χ4n) is 6.46. The molecule has 39 heteroatoms. The molecule has 2 fully saturated rings. The van der Waals surface area contributed by atoms with Crippen LogP contribution < -0.4 is 67.4 Å². The SMILES string of the molecule is C.CC(=O)C#CC(C)=O.CC(=O)c1cc(=O)nc2sc(C)nn12.CCNC(=O)C1CN(c2nn3c(C(C)=O)cc(=O)nc3s2)CCN1S(C)(=O)=O.CCNC(=O)C1CNCCN1S(C)(=O)=O.Cc1nnc(N)s1.Nc1nncs1.[B].[B].[I-]. The van der Waals surface area contributed by atoms with Crippen LogP contribution in [0.1, 0.15) is 80.0 Å². The number of piperazine rings is 2. The van der Waals surface area contributed by atoms with Crippen molar-refractivity contribution < 1.29 is 69.6 Å². The Labute approximate surface area is 510 Å². The lowest BCUT2D eigenvalue weighted by Crippen LogP contribution is -3.00. The van der Waals surface area contributed by atoms with Gasteiger partial charge in [0.15, 0.2) is 11.6 Å². The fourth-order valence-corrected chi connectivity index (χ4v) is 11.0. The number of anilines is 3. The number of rotatable bonds is 9. The Hall–Kier alpha value is -6.12. The predicted octanol–water partition coefficient (Wildman–Crippen LogP) is -4.45. The number of ketones is 4. The first kappa shape index (κ1) is 77.9. The highest BCUT2D eigenvalue weighted by Crippen LogP contribution is 2.26. The van der Waals surface area contributed by atoms with E-state index in [4.69, 9.17) is 11.5 Å². The average molecular weight is 1360 g/mol. The number of fused-ring (bicyclic) bond motifs is 2. The molecule has 0 aliphatic carbocycles. The number of sulfonamides is 2. The number of nitrogen functional groups attached to an aromatic ring is 2. The van der Waals surface area contributed by atoms with Crippen LogP contribution >= 0.6 is 45.3 Å². The Kier molecular flexibility index (Phi) is 34.7. The van der Waals surface area contributed by atoms with Gasteiger partial charge in [-0.05, 0) is 39.5 Å². The number of halogens is 1. The molecule has 446 valence electrons. The van der Waals surface area contributed by atoms with E-state index in [0.29, 0.717) is 59.6 Å². The molecule has 82 heavy (non-hydrogen) atoms. The van der Waals surface area contributed by atoms with Crippen molar-refractivity contribution >= 4 is 142 Å². The maximum atomic E-state index is 12.4. The molecule has 2 amide bonds. The van der Waals surface area contributed by atoms with Crippen LogP contribution in [0.4, 0.5) is 15.4 Å². The summed E-state index contributed by atoms with van der Waals surface area (Å²) in [6.07, 6.45) is 2.20. The minimum absolute atomic E-state index is 0. The number of nitrogens with one attached hydrogen (secondary N) is 3. The van der Waals surface area contributed by atoms with Crippen LogP contribution in [-0.2, 0) is 39.2 Å². The Morgan fingerprint density at radius 1 is 0.695 bits per heavy atom. The lowest BCUT2D eigenvalue weighted by Gasteiger charge is -2.38. The number of carbonyl (C=O) groups is 6. The number of nitrogens with two attached hydrogens (primary N) is 2. The molecule has 2 aliphatic heterocycles. The van der Waals surface area contributed by atoms with E-state index in [-0.39, 0.29) is 107 Å². The molecule has 8 rings (SSSR count). The Morgan fingerprint density at radius 2 is 1.18 bits per heavy atom. The minimum Gasteiger partial charge on any atom is -1.00 e. The maximum absolute atomic E-state index is 12.4. The number of likely N-dealkylation sites (N-methyl/N-ethyl adjacent to an activating group) is 2. The van der Waals surface area contributed by atoms with E-state index in [0.717, 1.165) is 39.9 Å². The predicted molar refractivity (Wildman–Crippen MR) is 313 cm³/mol. The fraction of sp³-hybridized carbons (Fsp3) is 0.488. The van der Waals surface area contributed by atoms with E-state index in [9.17, 15) is 55.2 Å². The number of amides is 2. The van der Waals surface area contributed by atoms with E-state index >= 15 is 0 Å². The number of hydrogen-bond donors (Lipinski definition) is 5. The van der Waals surface area contributed by atoms with Gasteiger partial charge in [-0.3, -0.25) is 38.4 Å². The standard InChI is InChI=1S/C15H20N6O5S2.C8H17N3O3S.C8H7N3O2S.C6H6O2.C3H5N3S.C2H3N3S.CH4.2B.HI/c1-4-16-13(24)11-8-19(5-6-20(11)28(3,25)26)15-18-21-10(9(2)22)7-12(23)17-14(21)27-15;1-3-10-8(12)7-6-9-4-5-11(7)15(2,13)14;1-4(12)6-3-7(13)9-8-11(6)10-5(2)14-8;1-5(7)3-4-6(2)8;1-2-5-6-3(4)7-2;3-2-5-4-1-6-2;;;;/h7,11H,4-6,8H2,1-3H3,(H,16,24);7,9H,3-6H2,1-2H3,(H,10,12);3H,1-2H3;1-2H3;1H3,(H2,4,6);1H,(H2,3,5);1H4;;;1H/p-1. The Balaban J connectivity index is 0. The second-order valence-corrected chi connectivity index (χ2v) is 24.0. The van der Waals surface area contributed by atoms with Crippen LogP contribution in [-0.4, -0.2) is 204 Å². The monoisotopic (exact) mass is 1360 g/mol. The van der Waals surface area contributed by atoms with Gasteiger partial charge in [-0.2, -0.15) is 28.2 Å². The molecule has 30 nitrogen and oxygen atoms in total. The summed E-state index contributed by atoms with van der Waals surface area (Å²) in [4.78, 5) is 100. The van der Waals surface area contributed by atoms with Gasteiger partial charge in [0.1, 0.15) is 39.0 Å². The highest BCUT2D eigenvalue weighted by Gasteiger charge is 2.38. The summed E-state index contributed by atoms with van der Waals surface area (Å²) in [6, 6.07) is 0.802. The van der Waals surface area contributed by atoms with Crippen LogP contribution in [0.15, 0.2) is 27.2 Å². The van der Waals surface area contributed by atoms with Gasteiger partial charge in [0, 0.05) is 109 Å². The molecule has 2 atom stereocenters.